The topological polar surface area (TPSA) is 87.6 Å². The van der Waals surface area contributed by atoms with E-state index >= 15 is 4.11 Å². The molecule has 196 valence electrons. The minimum absolute atomic E-state index is 0.164. The number of aromatic amines is 1. The Labute approximate surface area is 220 Å². The first-order chi connectivity index (χ1) is 18.2. The molecule has 1 amide bonds. The minimum Gasteiger partial charge on any atom is -0.396 e. The zero-order chi connectivity index (χ0) is 26.8. The molecule has 3 aromatic carbocycles. The van der Waals surface area contributed by atoms with Gasteiger partial charge in [0, 0.05) is 29.3 Å². The molecule has 9 heteroatoms. The lowest BCUT2D eigenvalue weighted by molar-refractivity contribution is -0.145. The van der Waals surface area contributed by atoms with Gasteiger partial charge < -0.3 is 14.0 Å². The highest BCUT2D eigenvalue weighted by atomic mass is 28.4. The summed E-state index contributed by atoms with van der Waals surface area (Å²) in [5, 5.41) is 13.5. The van der Waals surface area contributed by atoms with Gasteiger partial charge in [-0.2, -0.15) is 0 Å². The van der Waals surface area contributed by atoms with E-state index in [9.17, 15) is 14.7 Å². The van der Waals surface area contributed by atoms with Crippen LogP contribution in [0.15, 0.2) is 77.6 Å². The number of nitrogens with zero attached hydrogens (tertiary/aromatic N) is 2. The van der Waals surface area contributed by atoms with Crippen molar-refractivity contribution in [1.29, 1.82) is 0 Å². The first-order valence-corrected chi connectivity index (χ1v) is 15.9. The Bertz CT molecular complexity index is 1590. The molecule has 7 nitrogen and oxygen atoms in total. The Hall–Kier alpha value is -3.53. The molecule has 0 aliphatic carbocycles. The summed E-state index contributed by atoms with van der Waals surface area (Å²) in [6, 6.07) is 22.0. The number of amides is 1. The van der Waals surface area contributed by atoms with Gasteiger partial charge >= 0.3 is 0 Å². The highest BCUT2D eigenvalue weighted by Gasteiger charge is 2.66. The van der Waals surface area contributed by atoms with Crippen LogP contribution in [0.1, 0.15) is 18.9 Å². The average molecular weight is 532 g/mol. The summed E-state index contributed by atoms with van der Waals surface area (Å²) < 4.78 is 23.9. The van der Waals surface area contributed by atoms with Gasteiger partial charge in [-0.15, -0.1) is 0 Å². The SMILES string of the molecule is C[C@H]1[C@H]([Si](C)(C)F)[C@@H](CCO)O[C@]12C(=O)N(c1ccccc1)c1ccc(-n3[nH]c4ccccc4c3=O)cc12. The van der Waals surface area contributed by atoms with E-state index in [-0.39, 0.29) is 24.5 Å². The van der Waals surface area contributed by atoms with E-state index in [1.165, 1.54) is 4.68 Å². The van der Waals surface area contributed by atoms with Crippen LogP contribution in [0.4, 0.5) is 15.5 Å². The Kier molecular flexibility index (Phi) is 5.71. The fourth-order valence-electron chi connectivity index (χ4n) is 6.57. The zero-order valence-corrected chi connectivity index (χ0v) is 22.5. The molecule has 1 fully saturated rings. The summed E-state index contributed by atoms with van der Waals surface area (Å²) in [6.45, 7) is 4.99. The fourth-order valence-corrected chi connectivity index (χ4v) is 9.11. The van der Waals surface area contributed by atoms with Crippen LogP contribution in [-0.4, -0.2) is 41.9 Å². The summed E-state index contributed by atoms with van der Waals surface area (Å²) in [4.78, 5) is 29.3. The van der Waals surface area contributed by atoms with Crippen molar-refractivity contribution in [3.63, 3.8) is 0 Å². The van der Waals surface area contributed by atoms with Crippen LogP contribution in [0.5, 0.6) is 0 Å². The van der Waals surface area contributed by atoms with E-state index in [0.29, 0.717) is 33.5 Å². The van der Waals surface area contributed by atoms with E-state index < -0.39 is 31.6 Å². The third-order valence-corrected chi connectivity index (χ3v) is 10.6. The molecule has 38 heavy (non-hydrogen) atoms. The fraction of sp³-hybridized carbons (Fsp3) is 0.310. The molecule has 4 atom stereocenters. The van der Waals surface area contributed by atoms with Crippen LogP contribution in [0.25, 0.3) is 16.6 Å². The van der Waals surface area contributed by atoms with E-state index in [4.69, 9.17) is 4.74 Å². The number of carbonyl (C=O) groups excluding carboxylic acids is 1. The highest BCUT2D eigenvalue weighted by molar-refractivity contribution is 6.72. The summed E-state index contributed by atoms with van der Waals surface area (Å²) in [5.41, 5.74) is 1.04. The molecule has 6 rings (SSSR count). The second-order valence-electron chi connectivity index (χ2n) is 10.8. The number of hydrogen-bond acceptors (Lipinski definition) is 4. The molecule has 1 saturated heterocycles. The first kappa shape index (κ1) is 24.8. The molecule has 0 unspecified atom stereocenters. The van der Waals surface area contributed by atoms with Crippen LogP contribution in [-0.2, 0) is 15.1 Å². The maximum absolute atomic E-state index is 15.8. The number of hydrogen-bond donors (Lipinski definition) is 2. The number of para-hydroxylation sites is 2. The Balaban J connectivity index is 1.59. The molecular weight excluding hydrogens is 501 g/mol. The van der Waals surface area contributed by atoms with Gasteiger partial charge in [0.05, 0.1) is 28.4 Å². The van der Waals surface area contributed by atoms with Crippen LogP contribution in [0.2, 0.25) is 18.6 Å². The van der Waals surface area contributed by atoms with Crippen molar-refractivity contribution in [2.24, 2.45) is 5.92 Å². The van der Waals surface area contributed by atoms with Crippen molar-refractivity contribution in [1.82, 2.24) is 9.78 Å². The predicted molar refractivity (Wildman–Crippen MR) is 147 cm³/mol. The third kappa shape index (κ3) is 3.45. The molecular formula is C29H30FN3O4Si. The molecule has 0 saturated carbocycles. The van der Waals surface area contributed by atoms with Crippen molar-refractivity contribution < 1.29 is 18.7 Å². The van der Waals surface area contributed by atoms with Crippen LogP contribution >= 0.6 is 0 Å². The van der Waals surface area contributed by atoms with Crippen molar-refractivity contribution in [3.8, 4) is 5.69 Å². The number of halogens is 1. The smallest absolute Gasteiger partial charge is 0.279 e. The van der Waals surface area contributed by atoms with E-state index in [0.717, 1.165) is 0 Å². The van der Waals surface area contributed by atoms with Crippen LogP contribution in [0.3, 0.4) is 0 Å². The number of aliphatic hydroxyl groups excluding tert-OH is 1. The Morgan fingerprint density at radius 3 is 2.42 bits per heavy atom. The quantitative estimate of drug-likeness (QED) is 0.275. The number of fused-ring (bicyclic) bond motifs is 3. The normalized spacial score (nSPS) is 25.0. The van der Waals surface area contributed by atoms with Crippen molar-refractivity contribution in [2.75, 3.05) is 11.5 Å². The van der Waals surface area contributed by atoms with Gasteiger partial charge in [-0.05, 0) is 62.0 Å². The number of H-pyrrole nitrogens is 1. The molecule has 1 spiro atoms. The zero-order valence-electron chi connectivity index (χ0n) is 21.5. The van der Waals surface area contributed by atoms with E-state index in [1.807, 2.05) is 67.6 Å². The van der Waals surface area contributed by atoms with Crippen LogP contribution in [0, 0.1) is 5.92 Å². The number of aliphatic hydroxyl groups is 1. The Morgan fingerprint density at radius 1 is 1.03 bits per heavy atom. The maximum Gasteiger partial charge on any atom is 0.279 e. The van der Waals surface area contributed by atoms with Crippen molar-refractivity contribution in [2.45, 2.75) is 43.7 Å². The minimum atomic E-state index is -3.31. The summed E-state index contributed by atoms with van der Waals surface area (Å²) >= 11 is 0. The van der Waals surface area contributed by atoms with Gasteiger partial charge in [0.1, 0.15) is 0 Å². The van der Waals surface area contributed by atoms with Gasteiger partial charge in [0.15, 0.2) is 5.60 Å². The van der Waals surface area contributed by atoms with Gasteiger partial charge in [-0.3, -0.25) is 19.6 Å². The van der Waals surface area contributed by atoms with E-state index in [1.54, 1.807) is 30.1 Å². The summed E-state index contributed by atoms with van der Waals surface area (Å²) in [5.74, 6) is -0.767. The standard InChI is InChI=1S/C29H30FN3O4Si/c1-18-26(38(2,3)30)25(15-16-34)37-29(18)22-17-20(33-27(35)21-11-7-8-12-23(21)31-33)13-14-24(22)32(28(29)36)19-9-5-4-6-10-19/h4-14,17-18,25-26,31,34H,15-16H2,1-3H3/t18-,25+,26-,29+/m0/s1. The number of aromatic nitrogens is 2. The Morgan fingerprint density at radius 2 is 1.74 bits per heavy atom. The second-order valence-corrected chi connectivity index (χ2v) is 14.6. The molecule has 0 bridgehead atoms. The largest absolute Gasteiger partial charge is 0.396 e. The number of carbonyl (C=O) groups is 1. The average Bonchev–Trinajstić information content (AvgIpc) is 3.48. The van der Waals surface area contributed by atoms with Gasteiger partial charge in [-0.1, -0.05) is 37.3 Å². The second kappa shape index (κ2) is 8.76. The lowest BCUT2D eigenvalue weighted by Gasteiger charge is -2.31. The first-order valence-electron chi connectivity index (χ1n) is 12.9. The van der Waals surface area contributed by atoms with Crippen molar-refractivity contribution >= 4 is 36.6 Å². The third-order valence-electron chi connectivity index (χ3n) is 8.13. The van der Waals surface area contributed by atoms with Gasteiger partial charge in [0.25, 0.3) is 11.5 Å². The number of rotatable bonds is 5. The van der Waals surface area contributed by atoms with Crippen molar-refractivity contribution in [3.05, 3.63) is 88.7 Å². The molecule has 4 aromatic rings. The van der Waals surface area contributed by atoms with Crippen LogP contribution < -0.4 is 10.5 Å². The molecule has 3 heterocycles. The number of nitrogens with one attached hydrogen (secondary N) is 1. The lowest BCUT2D eigenvalue weighted by Crippen LogP contribution is -2.44. The molecule has 1 aromatic heterocycles. The molecule has 2 N–H and O–H groups in total. The molecule has 2 aliphatic heterocycles. The summed E-state index contributed by atoms with van der Waals surface area (Å²) in [7, 11) is -3.31. The number of ether oxygens (including phenoxy) is 1. The predicted octanol–water partition coefficient (Wildman–Crippen LogP) is 5.15. The maximum atomic E-state index is 15.8. The summed E-state index contributed by atoms with van der Waals surface area (Å²) in [6.07, 6.45) is -0.361. The van der Waals surface area contributed by atoms with Gasteiger partial charge in [0.2, 0.25) is 8.41 Å². The highest BCUT2D eigenvalue weighted by Crippen LogP contribution is 2.61. The molecule has 0 radical (unpaired) electrons. The lowest BCUT2D eigenvalue weighted by atomic mass is 9.82. The van der Waals surface area contributed by atoms with E-state index in [2.05, 4.69) is 5.10 Å². The number of benzene rings is 3. The van der Waals surface area contributed by atoms with Gasteiger partial charge in [-0.25, -0.2) is 4.68 Å². The molecule has 2 aliphatic rings. The number of anilines is 2. The monoisotopic (exact) mass is 531 g/mol.